The van der Waals surface area contributed by atoms with Crippen LogP contribution in [0.25, 0.3) is 11.6 Å². The highest BCUT2D eigenvalue weighted by Gasteiger charge is 2.36. The Morgan fingerprint density at radius 3 is 1.36 bits per heavy atom. The van der Waals surface area contributed by atoms with E-state index in [0.717, 1.165) is 40.9 Å². The van der Waals surface area contributed by atoms with Gasteiger partial charge in [0.15, 0.2) is 5.69 Å². The number of nitrogens with one attached hydrogen (secondary N) is 3. The van der Waals surface area contributed by atoms with Crippen molar-refractivity contribution in [1.29, 1.82) is 0 Å². The summed E-state index contributed by atoms with van der Waals surface area (Å²) in [6.45, 7) is 14.7. The molecule has 0 spiro atoms. The zero-order valence-corrected chi connectivity index (χ0v) is 56.0. The second-order valence-electron chi connectivity index (χ2n) is 23.3. The molecular weight excluding hydrogens is 1360 g/mol. The van der Waals surface area contributed by atoms with Crippen LogP contribution in [0.1, 0.15) is 60.7 Å². The van der Waals surface area contributed by atoms with E-state index in [4.69, 9.17) is 42.6 Å². The summed E-state index contributed by atoms with van der Waals surface area (Å²) in [7, 11) is 0. The predicted molar refractivity (Wildman–Crippen MR) is 353 cm³/mol. The van der Waals surface area contributed by atoms with E-state index >= 15 is 0 Å². The lowest BCUT2D eigenvalue weighted by atomic mass is 10.2. The minimum Gasteiger partial charge on any atom is -0.505 e. The van der Waals surface area contributed by atoms with Gasteiger partial charge in [0.25, 0.3) is 17.0 Å². The summed E-state index contributed by atoms with van der Waals surface area (Å²) in [4.78, 5) is 119. The van der Waals surface area contributed by atoms with Gasteiger partial charge in [0.1, 0.15) is 30.2 Å². The molecule has 9 heterocycles. The summed E-state index contributed by atoms with van der Waals surface area (Å²) in [5, 5.41) is 27.2. The Balaban J connectivity index is 0.000000218. The highest BCUT2D eigenvalue weighted by Crippen LogP contribution is 2.36. The number of hydrogen-bond donors (Lipinski definition) is 4. The fourth-order valence-electron chi connectivity index (χ4n) is 12.1. The van der Waals surface area contributed by atoms with Gasteiger partial charge in [0, 0.05) is 111 Å². The van der Waals surface area contributed by atoms with Gasteiger partial charge in [-0.2, -0.15) is 45.3 Å². The molecule has 4 aliphatic rings. The number of carbonyl (C=O) groups excluding carboxylic acids is 5. The van der Waals surface area contributed by atoms with Crippen LogP contribution in [0, 0.1) is 0 Å². The van der Waals surface area contributed by atoms with Gasteiger partial charge in [-0.3, -0.25) is 43.4 Å². The molecule has 4 saturated heterocycles. The quantitative estimate of drug-likeness (QED) is 0.0645. The second kappa shape index (κ2) is 31.3. The van der Waals surface area contributed by atoms with E-state index < -0.39 is 53.3 Å². The topological polar surface area (TPSA) is 300 Å². The van der Waals surface area contributed by atoms with Gasteiger partial charge in [-0.05, 0) is 75.2 Å². The maximum atomic E-state index is 14.3. The third-order valence-electron chi connectivity index (χ3n) is 17.0. The number of carbonyl (C=O) groups is 5. The smallest absolute Gasteiger partial charge is 0.416 e. The molecule has 7 aromatic rings. The average Bonchev–Trinajstić information content (AvgIpc) is 1.69. The number of ether oxygens (including phenoxy) is 2. The summed E-state index contributed by atoms with van der Waals surface area (Å²) in [5.74, 6) is -1.78. The van der Waals surface area contributed by atoms with Crippen LogP contribution in [-0.2, 0) is 66.9 Å². The van der Waals surface area contributed by atoms with E-state index in [1.165, 1.54) is 27.7 Å². The lowest BCUT2D eigenvalue weighted by molar-refractivity contribution is -0.145. The van der Waals surface area contributed by atoms with Crippen LogP contribution in [0.2, 0.25) is 10.0 Å². The maximum absolute atomic E-state index is 14.3. The predicted octanol–water partition coefficient (Wildman–Crippen LogP) is 4.37. The van der Waals surface area contributed by atoms with Crippen LogP contribution in [0.15, 0.2) is 64.3 Å². The van der Waals surface area contributed by atoms with Crippen molar-refractivity contribution < 1.29 is 64.9 Å². The lowest BCUT2D eigenvalue weighted by Gasteiger charge is -2.36. The molecule has 5 aromatic heterocycles. The number of hydrogen-bond acceptors (Lipinski definition) is 22. The SMILES string of the molecule is CCOC(=O)CN1CCN(c2nc3n(CC(=O)Nc4ccc(C(F)(F)F)cc4Cl)c(CC)c(N4CCN(C(=O)c5ncccc5O)CC4)c(=O)n3n2)CC1.CCOC(=O)CN1CCN(c2nc3n(CC(=O)Nc4ccc(C(F)(F)F)cc4Cl)c(CC)c(N4CCNCC4)c(=O)n3n2)CC1. The fraction of sp³-hybridized carbons (Fsp3) is 0.484. The van der Waals surface area contributed by atoms with E-state index in [1.54, 1.807) is 34.8 Å². The molecule has 0 atom stereocenters. The zero-order chi connectivity index (χ0) is 71.0. The molecule has 0 bridgehead atoms. The first kappa shape index (κ1) is 72.4. The van der Waals surface area contributed by atoms with Crippen LogP contribution in [0.3, 0.4) is 0 Å². The summed E-state index contributed by atoms with van der Waals surface area (Å²) < 4.78 is 94.7. The molecule has 0 saturated carbocycles. The van der Waals surface area contributed by atoms with E-state index in [9.17, 15) is 65.0 Å². The third kappa shape index (κ3) is 16.7. The number of alkyl halides is 6. The molecule has 4 aliphatic heterocycles. The molecule has 0 aliphatic carbocycles. The highest BCUT2D eigenvalue weighted by molar-refractivity contribution is 6.34. The Kier molecular flexibility index (Phi) is 22.9. The second-order valence-corrected chi connectivity index (χ2v) is 24.1. The number of halogens is 8. The van der Waals surface area contributed by atoms with Crippen molar-refractivity contribution in [2.45, 2.75) is 66.0 Å². The Bertz CT molecular complexity index is 4250. The van der Waals surface area contributed by atoms with Crippen molar-refractivity contribution in [3.05, 3.63) is 114 Å². The third-order valence-corrected chi connectivity index (χ3v) is 17.6. The van der Waals surface area contributed by atoms with Crippen LogP contribution >= 0.6 is 23.2 Å². The molecule has 2 aromatic carbocycles. The zero-order valence-electron chi connectivity index (χ0n) is 54.5. The Morgan fingerprint density at radius 1 is 0.566 bits per heavy atom. The molecule has 0 radical (unpaired) electrons. The largest absolute Gasteiger partial charge is 0.505 e. The van der Waals surface area contributed by atoms with Crippen LogP contribution < -0.4 is 46.7 Å². The molecule has 0 unspecified atom stereocenters. The van der Waals surface area contributed by atoms with Crippen molar-refractivity contribution in [1.82, 2.24) is 63.3 Å². The molecular formula is C62H73Cl2F6N19O10. The molecule has 4 fully saturated rings. The van der Waals surface area contributed by atoms with Gasteiger partial charge in [0.05, 0.1) is 70.2 Å². The summed E-state index contributed by atoms with van der Waals surface area (Å²) in [5.41, 5.74) is -1.15. The monoisotopic (exact) mass is 1430 g/mol. The van der Waals surface area contributed by atoms with Gasteiger partial charge in [0.2, 0.25) is 35.3 Å². The van der Waals surface area contributed by atoms with Gasteiger partial charge < -0.3 is 64.2 Å². The van der Waals surface area contributed by atoms with Crippen molar-refractivity contribution in [2.75, 3.05) is 161 Å². The number of pyridine rings is 1. The van der Waals surface area contributed by atoms with Crippen molar-refractivity contribution >= 4 is 99.1 Å². The Labute approximate surface area is 571 Å². The first-order valence-corrected chi connectivity index (χ1v) is 32.8. The maximum Gasteiger partial charge on any atom is 0.416 e. The van der Waals surface area contributed by atoms with Gasteiger partial charge in [-0.1, -0.05) is 37.0 Å². The number of aromatic nitrogens is 9. The van der Waals surface area contributed by atoms with E-state index in [1.807, 2.05) is 31.4 Å². The summed E-state index contributed by atoms with van der Waals surface area (Å²) in [6, 6.07) is 8.19. The van der Waals surface area contributed by atoms with Crippen molar-refractivity contribution in [3.63, 3.8) is 0 Å². The number of anilines is 6. The number of fused-ring (bicyclic) bond motifs is 2. The van der Waals surface area contributed by atoms with E-state index in [-0.39, 0.29) is 132 Å². The van der Waals surface area contributed by atoms with Crippen LogP contribution in [0.4, 0.5) is 61.0 Å². The minimum absolute atomic E-state index is 0.0231. The lowest BCUT2D eigenvalue weighted by Crippen LogP contribution is -2.51. The van der Waals surface area contributed by atoms with Crippen molar-refractivity contribution in [3.8, 4) is 5.75 Å². The van der Waals surface area contributed by atoms with Gasteiger partial charge in [-0.25, -0.2) is 4.98 Å². The number of piperazine rings is 4. The summed E-state index contributed by atoms with van der Waals surface area (Å²) >= 11 is 12.2. The number of benzene rings is 2. The Hall–Kier alpha value is -9.32. The highest BCUT2D eigenvalue weighted by atomic mass is 35.5. The molecule has 99 heavy (non-hydrogen) atoms. The normalized spacial score (nSPS) is 15.9. The fourth-order valence-corrected chi connectivity index (χ4v) is 12.5. The molecule has 532 valence electrons. The average molecular weight is 1430 g/mol. The molecule has 11 rings (SSSR count). The number of nitrogens with zero attached hydrogens (tertiary/aromatic N) is 16. The number of aromatic hydroxyl groups is 1. The Morgan fingerprint density at radius 2 is 0.980 bits per heavy atom. The minimum atomic E-state index is -4.63. The van der Waals surface area contributed by atoms with Crippen LogP contribution in [-0.4, -0.2) is 224 Å². The number of amides is 3. The van der Waals surface area contributed by atoms with E-state index in [2.05, 4.69) is 31.1 Å². The van der Waals surface area contributed by atoms with Crippen LogP contribution in [0.5, 0.6) is 5.75 Å². The van der Waals surface area contributed by atoms with E-state index in [0.29, 0.717) is 115 Å². The number of esters is 2. The summed E-state index contributed by atoms with van der Waals surface area (Å²) in [6.07, 6.45) is -7.13. The molecule has 37 heteroatoms. The molecule has 3 amide bonds. The van der Waals surface area contributed by atoms with Crippen molar-refractivity contribution in [2.24, 2.45) is 0 Å². The molecule has 29 nitrogen and oxygen atoms in total. The molecule has 4 N–H and O–H groups in total. The van der Waals surface area contributed by atoms with Gasteiger partial charge in [-0.15, -0.1) is 10.2 Å². The standard InChI is InChI=1S/C34H38ClF3N10O6.C28H35ClF3N9O4/c1-3-24-29(44-14-16-45(17-15-44)30(52)28-25(49)6-5-9-39-28)31(53)48-33(41-32(42-48)46-12-10-43(11-13-46)20-27(51)54-4-2)47(24)19-26(50)40-23-8-7-21(18-22(23)35)34(36,37)38;1-3-21-24(38-9-7-33-8-10-38)25(44)41-27(35-26(36-41)39-13-11-37(12-14-39)17-23(43)45-4-2)40(21)16-22(42)34-20-6-5-18(15-19(20)29)28(30,31)32/h5-9,18,49H,3-4,10-17,19-20H2,1-2H3,(H,40,50);5-6,15,33H,3-4,7-14,16-17H2,1-2H3,(H,34,42). The van der Waals surface area contributed by atoms with Gasteiger partial charge >= 0.3 is 24.3 Å². The number of rotatable bonds is 19. The first-order valence-electron chi connectivity index (χ1n) is 32.1. The first-order chi connectivity index (χ1) is 47.3.